The van der Waals surface area contributed by atoms with Gasteiger partial charge in [0, 0.05) is 31.2 Å². The number of nitrogens with zero attached hydrogens (tertiary/aromatic N) is 3. The molecule has 1 N–H and O–H groups in total. The van der Waals surface area contributed by atoms with Crippen LogP contribution in [0.2, 0.25) is 0 Å². The predicted molar refractivity (Wildman–Crippen MR) is 73.5 cm³/mol. The molecular weight excluding hydrogens is 224 g/mol. The standard InChI is InChI=1S/C14H22N4/c1-4-15-7-13-5-6-17(9-13)10-14-8-16-11-18(14)12(2)3/h5-6,8-9,11-12,15H,4,7,10H2,1-3H3. The molecule has 18 heavy (non-hydrogen) atoms. The fourth-order valence-corrected chi connectivity index (χ4v) is 2.07. The molecule has 0 saturated heterocycles. The van der Waals surface area contributed by atoms with Crippen molar-refractivity contribution in [3.8, 4) is 0 Å². The average Bonchev–Trinajstić information content (AvgIpc) is 2.96. The van der Waals surface area contributed by atoms with E-state index in [-0.39, 0.29) is 0 Å². The van der Waals surface area contributed by atoms with Crippen LogP contribution in [0.1, 0.15) is 38.1 Å². The van der Waals surface area contributed by atoms with Gasteiger partial charge in [0.25, 0.3) is 0 Å². The smallest absolute Gasteiger partial charge is 0.0951 e. The lowest BCUT2D eigenvalue weighted by atomic mass is 10.3. The number of hydrogen-bond acceptors (Lipinski definition) is 2. The SMILES string of the molecule is CCNCc1ccn(Cc2cncn2C(C)C)c1. The van der Waals surface area contributed by atoms with E-state index in [0.29, 0.717) is 6.04 Å². The largest absolute Gasteiger partial charge is 0.348 e. The van der Waals surface area contributed by atoms with E-state index in [1.807, 2.05) is 12.5 Å². The van der Waals surface area contributed by atoms with Crippen molar-refractivity contribution < 1.29 is 0 Å². The molecule has 0 aliphatic heterocycles. The van der Waals surface area contributed by atoms with Gasteiger partial charge in [-0.3, -0.25) is 0 Å². The van der Waals surface area contributed by atoms with Gasteiger partial charge in [-0.05, 0) is 32.0 Å². The monoisotopic (exact) mass is 246 g/mol. The first-order valence-electron chi connectivity index (χ1n) is 6.56. The van der Waals surface area contributed by atoms with E-state index in [0.717, 1.165) is 19.6 Å². The predicted octanol–water partition coefficient (Wildman–Crippen LogP) is 2.42. The summed E-state index contributed by atoms with van der Waals surface area (Å²) in [5.74, 6) is 0. The van der Waals surface area contributed by atoms with Crippen LogP contribution in [0.3, 0.4) is 0 Å². The van der Waals surface area contributed by atoms with Gasteiger partial charge >= 0.3 is 0 Å². The van der Waals surface area contributed by atoms with E-state index in [4.69, 9.17) is 0 Å². The number of rotatable bonds is 6. The van der Waals surface area contributed by atoms with Crippen molar-refractivity contribution in [2.75, 3.05) is 6.54 Å². The van der Waals surface area contributed by atoms with Crippen LogP contribution >= 0.6 is 0 Å². The first-order chi connectivity index (χ1) is 8.70. The van der Waals surface area contributed by atoms with Gasteiger partial charge in [-0.15, -0.1) is 0 Å². The van der Waals surface area contributed by atoms with E-state index in [2.05, 4.69) is 58.7 Å². The minimum atomic E-state index is 0.458. The highest BCUT2D eigenvalue weighted by molar-refractivity contribution is 5.12. The number of aromatic nitrogens is 3. The second kappa shape index (κ2) is 5.87. The zero-order valence-corrected chi connectivity index (χ0v) is 11.4. The molecule has 0 aromatic carbocycles. The van der Waals surface area contributed by atoms with Crippen molar-refractivity contribution in [3.05, 3.63) is 42.2 Å². The number of nitrogens with one attached hydrogen (secondary N) is 1. The highest BCUT2D eigenvalue weighted by Crippen LogP contribution is 2.11. The van der Waals surface area contributed by atoms with Crippen molar-refractivity contribution >= 4 is 0 Å². The molecule has 0 saturated carbocycles. The topological polar surface area (TPSA) is 34.8 Å². The minimum absolute atomic E-state index is 0.458. The Hall–Kier alpha value is -1.55. The van der Waals surface area contributed by atoms with Gasteiger partial charge < -0.3 is 14.5 Å². The third-order valence-electron chi connectivity index (χ3n) is 3.04. The summed E-state index contributed by atoms with van der Waals surface area (Å²) in [4.78, 5) is 4.23. The lowest BCUT2D eigenvalue weighted by Crippen LogP contribution is -2.11. The van der Waals surface area contributed by atoms with Crippen LogP contribution in [0.25, 0.3) is 0 Å². The molecule has 98 valence electrons. The summed E-state index contributed by atoms with van der Waals surface area (Å²) in [5, 5.41) is 3.34. The third-order valence-corrected chi connectivity index (χ3v) is 3.04. The fraction of sp³-hybridized carbons (Fsp3) is 0.500. The Bertz CT molecular complexity index is 481. The third kappa shape index (κ3) is 3.01. The zero-order valence-electron chi connectivity index (χ0n) is 11.4. The Morgan fingerprint density at radius 2 is 2.22 bits per heavy atom. The van der Waals surface area contributed by atoms with E-state index in [1.165, 1.54) is 11.3 Å². The second-order valence-corrected chi connectivity index (χ2v) is 4.86. The fourth-order valence-electron chi connectivity index (χ4n) is 2.07. The van der Waals surface area contributed by atoms with Gasteiger partial charge in [-0.2, -0.15) is 0 Å². The van der Waals surface area contributed by atoms with Crippen LogP contribution in [-0.4, -0.2) is 20.7 Å². The molecule has 0 unspecified atom stereocenters. The molecule has 2 aromatic rings. The maximum atomic E-state index is 4.23. The molecule has 2 rings (SSSR count). The minimum Gasteiger partial charge on any atom is -0.348 e. The average molecular weight is 246 g/mol. The van der Waals surface area contributed by atoms with E-state index in [9.17, 15) is 0 Å². The van der Waals surface area contributed by atoms with E-state index in [1.54, 1.807) is 0 Å². The van der Waals surface area contributed by atoms with Crippen LogP contribution in [0.5, 0.6) is 0 Å². The molecule has 0 atom stereocenters. The number of hydrogen-bond donors (Lipinski definition) is 1. The Morgan fingerprint density at radius 3 is 2.94 bits per heavy atom. The molecule has 0 aliphatic rings. The first-order valence-corrected chi connectivity index (χ1v) is 6.56. The van der Waals surface area contributed by atoms with E-state index >= 15 is 0 Å². The molecule has 0 fully saturated rings. The first kappa shape index (κ1) is 12.9. The molecule has 0 amide bonds. The molecule has 2 heterocycles. The van der Waals surface area contributed by atoms with Crippen molar-refractivity contribution in [3.63, 3.8) is 0 Å². The van der Waals surface area contributed by atoms with Crippen molar-refractivity contribution in [2.24, 2.45) is 0 Å². The van der Waals surface area contributed by atoms with Gasteiger partial charge in [-0.25, -0.2) is 4.98 Å². The highest BCUT2D eigenvalue weighted by atomic mass is 15.1. The molecule has 2 aromatic heterocycles. The quantitative estimate of drug-likeness (QED) is 0.849. The number of imidazole rings is 1. The van der Waals surface area contributed by atoms with Gasteiger partial charge in [0.05, 0.1) is 18.6 Å². The summed E-state index contributed by atoms with van der Waals surface area (Å²) in [6, 6.07) is 2.62. The molecule has 0 aliphatic carbocycles. The van der Waals surface area contributed by atoms with Crippen LogP contribution < -0.4 is 5.32 Å². The molecule has 0 bridgehead atoms. The normalized spacial score (nSPS) is 11.3. The highest BCUT2D eigenvalue weighted by Gasteiger charge is 2.06. The second-order valence-electron chi connectivity index (χ2n) is 4.86. The maximum absolute atomic E-state index is 4.23. The van der Waals surface area contributed by atoms with Gasteiger partial charge in [-0.1, -0.05) is 6.92 Å². The molecule has 0 radical (unpaired) electrons. The van der Waals surface area contributed by atoms with Crippen molar-refractivity contribution in [2.45, 2.75) is 39.9 Å². The summed E-state index contributed by atoms with van der Waals surface area (Å²) >= 11 is 0. The molecule has 4 heteroatoms. The Balaban J connectivity index is 2.04. The molecular formula is C14H22N4. The van der Waals surface area contributed by atoms with Gasteiger partial charge in [0.1, 0.15) is 0 Å². The van der Waals surface area contributed by atoms with Gasteiger partial charge in [0.15, 0.2) is 0 Å². The van der Waals surface area contributed by atoms with Crippen LogP contribution in [0.15, 0.2) is 31.0 Å². The Morgan fingerprint density at radius 1 is 1.39 bits per heavy atom. The molecule has 0 spiro atoms. The summed E-state index contributed by atoms with van der Waals surface area (Å²) in [6.07, 6.45) is 8.18. The van der Waals surface area contributed by atoms with E-state index < -0.39 is 0 Å². The molecule has 4 nitrogen and oxygen atoms in total. The lowest BCUT2D eigenvalue weighted by molar-refractivity contribution is 0.561. The Labute approximate surface area is 109 Å². The Kier molecular flexibility index (Phi) is 4.20. The van der Waals surface area contributed by atoms with Crippen LogP contribution in [-0.2, 0) is 13.1 Å². The zero-order chi connectivity index (χ0) is 13.0. The van der Waals surface area contributed by atoms with Gasteiger partial charge in [0.2, 0.25) is 0 Å². The summed E-state index contributed by atoms with van der Waals surface area (Å²) in [6.45, 7) is 9.30. The summed E-state index contributed by atoms with van der Waals surface area (Å²) < 4.78 is 4.42. The summed E-state index contributed by atoms with van der Waals surface area (Å²) in [7, 11) is 0. The van der Waals surface area contributed by atoms with Crippen LogP contribution in [0, 0.1) is 0 Å². The van der Waals surface area contributed by atoms with Crippen molar-refractivity contribution in [1.82, 2.24) is 19.4 Å². The van der Waals surface area contributed by atoms with Crippen LogP contribution in [0.4, 0.5) is 0 Å². The van der Waals surface area contributed by atoms with Crippen molar-refractivity contribution in [1.29, 1.82) is 0 Å². The lowest BCUT2D eigenvalue weighted by Gasteiger charge is -2.12. The summed E-state index contributed by atoms with van der Waals surface area (Å²) in [5.41, 5.74) is 2.57. The maximum Gasteiger partial charge on any atom is 0.0951 e.